The van der Waals surface area contributed by atoms with Gasteiger partial charge >= 0.3 is 0 Å². The summed E-state index contributed by atoms with van der Waals surface area (Å²) in [6, 6.07) is 10.2. The molecule has 0 saturated carbocycles. The fraction of sp³-hybridized carbons (Fsp3) is 0.263. The minimum atomic E-state index is -0.377. The van der Waals surface area contributed by atoms with E-state index in [-0.39, 0.29) is 23.6 Å². The van der Waals surface area contributed by atoms with Gasteiger partial charge in [-0.15, -0.1) is 0 Å². The van der Waals surface area contributed by atoms with Crippen LogP contribution in [0, 0.1) is 0 Å². The van der Waals surface area contributed by atoms with Crippen molar-refractivity contribution in [3.63, 3.8) is 0 Å². The molecule has 1 amide bonds. The fourth-order valence-electron chi connectivity index (χ4n) is 2.56. The zero-order valence-corrected chi connectivity index (χ0v) is 15.4. The Morgan fingerprint density at radius 1 is 1.23 bits per heavy atom. The van der Waals surface area contributed by atoms with Crippen molar-refractivity contribution in [1.82, 2.24) is 5.32 Å². The van der Waals surface area contributed by atoms with Crippen LogP contribution >= 0.6 is 12.2 Å². The Bertz CT molecular complexity index is 853. The molecule has 0 fully saturated rings. The highest BCUT2D eigenvalue weighted by Gasteiger charge is 2.17. The number of hydrogen-bond acceptors (Lipinski definition) is 5. The van der Waals surface area contributed by atoms with Gasteiger partial charge in [0.1, 0.15) is 5.75 Å². The van der Waals surface area contributed by atoms with Crippen LogP contribution in [0.4, 0.5) is 5.69 Å². The molecule has 26 heavy (non-hydrogen) atoms. The van der Waals surface area contributed by atoms with Crippen LogP contribution in [0.15, 0.2) is 36.4 Å². The first-order valence-corrected chi connectivity index (χ1v) is 8.73. The quantitative estimate of drug-likeness (QED) is 0.560. The average molecular weight is 372 g/mol. The minimum absolute atomic E-state index is 0.0664. The topological polar surface area (TPSA) is 79.8 Å². The minimum Gasteiger partial charge on any atom is -0.506 e. The van der Waals surface area contributed by atoms with Gasteiger partial charge in [-0.25, -0.2) is 0 Å². The van der Waals surface area contributed by atoms with E-state index in [0.717, 1.165) is 12.0 Å². The molecule has 0 unspecified atom stereocenters. The van der Waals surface area contributed by atoms with Gasteiger partial charge in [-0.1, -0.05) is 19.9 Å². The van der Waals surface area contributed by atoms with Gasteiger partial charge in [0, 0.05) is 5.56 Å². The first-order valence-electron chi connectivity index (χ1n) is 8.32. The Hall–Kier alpha value is -2.80. The highest BCUT2D eigenvalue weighted by atomic mass is 32.1. The van der Waals surface area contributed by atoms with Gasteiger partial charge in [-0.2, -0.15) is 0 Å². The summed E-state index contributed by atoms with van der Waals surface area (Å²) in [5, 5.41) is 15.6. The van der Waals surface area contributed by atoms with Crippen LogP contribution in [-0.2, 0) is 0 Å². The van der Waals surface area contributed by atoms with Gasteiger partial charge in [0.15, 0.2) is 16.6 Å². The normalized spacial score (nSPS) is 13.2. The molecule has 3 N–H and O–H groups in total. The van der Waals surface area contributed by atoms with Crippen LogP contribution in [0.5, 0.6) is 17.2 Å². The number of fused-ring (bicyclic) bond motifs is 1. The SMILES string of the molecule is CC[C@H](C)c1ccc(O)c(NC(=S)NC(=O)c2ccc3c(c2)OCO3)c1. The first kappa shape index (κ1) is 18.0. The predicted octanol–water partition coefficient (Wildman–Crippen LogP) is 3.76. The number of nitrogens with one attached hydrogen (secondary N) is 2. The number of phenolic OH excluding ortho intramolecular Hbond substituents is 1. The largest absolute Gasteiger partial charge is 0.506 e. The number of anilines is 1. The summed E-state index contributed by atoms with van der Waals surface area (Å²) in [4.78, 5) is 12.4. The van der Waals surface area contributed by atoms with Gasteiger partial charge in [0.2, 0.25) is 6.79 Å². The molecule has 1 atom stereocenters. The van der Waals surface area contributed by atoms with Crippen molar-refractivity contribution in [3.05, 3.63) is 47.5 Å². The van der Waals surface area contributed by atoms with Crippen molar-refractivity contribution in [2.75, 3.05) is 12.1 Å². The summed E-state index contributed by atoms with van der Waals surface area (Å²) >= 11 is 5.20. The molecule has 0 saturated heterocycles. The molecule has 136 valence electrons. The Labute approximate surface area is 157 Å². The summed E-state index contributed by atoms with van der Waals surface area (Å²) in [5.74, 6) is 1.17. The van der Waals surface area contributed by atoms with Crippen LogP contribution in [-0.4, -0.2) is 22.9 Å². The maximum atomic E-state index is 12.4. The third-order valence-electron chi connectivity index (χ3n) is 4.31. The van der Waals surface area contributed by atoms with Crippen molar-refractivity contribution >= 4 is 28.9 Å². The molecule has 3 rings (SSSR count). The van der Waals surface area contributed by atoms with Crippen LogP contribution in [0.3, 0.4) is 0 Å². The average Bonchev–Trinajstić information content (AvgIpc) is 3.10. The van der Waals surface area contributed by atoms with Crippen molar-refractivity contribution in [2.45, 2.75) is 26.2 Å². The highest BCUT2D eigenvalue weighted by molar-refractivity contribution is 7.80. The lowest BCUT2D eigenvalue weighted by Crippen LogP contribution is -2.34. The van der Waals surface area contributed by atoms with E-state index in [1.165, 1.54) is 0 Å². The number of carbonyl (C=O) groups excluding carboxylic acids is 1. The van der Waals surface area contributed by atoms with E-state index in [4.69, 9.17) is 21.7 Å². The number of amides is 1. The van der Waals surface area contributed by atoms with Crippen molar-refractivity contribution in [1.29, 1.82) is 0 Å². The van der Waals surface area contributed by atoms with Crippen LogP contribution in [0.1, 0.15) is 42.1 Å². The molecule has 0 aliphatic carbocycles. The number of hydrogen-bond donors (Lipinski definition) is 3. The molecule has 7 heteroatoms. The van der Waals surface area contributed by atoms with E-state index in [0.29, 0.717) is 28.7 Å². The van der Waals surface area contributed by atoms with Crippen LogP contribution in [0.2, 0.25) is 0 Å². The summed E-state index contributed by atoms with van der Waals surface area (Å²) in [6.07, 6.45) is 0.982. The van der Waals surface area contributed by atoms with E-state index in [2.05, 4.69) is 24.5 Å². The molecule has 0 radical (unpaired) electrons. The van der Waals surface area contributed by atoms with Crippen LogP contribution in [0.25, 0.3) is 0 Å². The third-order valence-corrected chi connectivity index (χ3v) is 4.52. The molecule has 1 aliphatic heterocycles. The molecular weight excluding hydrogens is 352 g/mol. The Morgan fingerprint density at radius 2 is 2.00 bits per heavy atom. The van der Waals surface area contributed by atoms with Gasteiger partial charge in [-0.3, -0.25) is 10.1 Å². The summed E-state index contributed by atoms with van der Waals surface area (Å²) in [7, 11) is 0. The van der Waals surface area contributed by atoms with Gasteiger partial charge in [-0.05, 0) is 60.5 Å². The molecule has 0 bridgehead atoms. The second kappa shape index (κ2) is 7.61. The fourth-order valence-corrected chi connectivity index (χ4v) is 2.77. The molecule has 1 aliphatic rings. The molecule has 0 spiro atoms. The first-order chi connectivity index (χ1) is 12.5. The summed E-state index contributed by atoms with van der Waals surface area (Å²) < 4.78 is 10.5. The molecular formula is C19H20N2O4S. The zero-order valence-electron chi connectivity index (χ0n) is 14.5. The maximum absolute atomic E-state index is 12.4. The second-order valence-electron chi connectivity index (χ2n) is 6.06. The van der Waals surface area contributed by atoms with Gasteiger partial charge in [0.25, 0.3) is 5.91 Å². The van der Waals surface area contributed by atoms with Crippen LogP contribution < -0.4 is 20.1 Å². The Balaban J connectivity index is 1.68. The van der Waals surface area contributed by atoms with Gasteiger partial charge < -0.3 is 19.9 Å². The number of rotatable bonds is 4. The predicted molar refractivity (Wildman–Crippen MR) is 103 cm³/mol. The number of benzene rings is 2. The molecule has 0 aromatic heterocycles. The van der Waals surface area contributed by atoms with Crippen molar-refractivity contribution in [2.24, 2.45) is 0 Å². The van der Waals surface area contributed by atoms with E-state index in [1.807, 2.05) is 12.1 Å². The maximum Gasteiger partial charge on any atom is 0.257 e. The second-order valence-corrected chi connectivity index (χ2v) is 6.47. The monoisotopic (exact) mass is 372 g/mol. The van der Waals surface area contributed by atoms with E-state index >= 15 is 0 Å². The number of phenols is 1. The molecule has 2 aromatic rings. The lowest BCUT2D eigenvalue weighted by molar-refractivity contribution is 0.0977. The third kappa shape index (κ3) is 3.88. The lowest BCUT2D eigenvalue weighted by Gasteiger charge is -2.15. The number of carbonyl (C=O) groups is 1. The number of ether oxygens (including phenoxy) is 2. The standard InChI is InChI=1S/C19H20N2O4S/c1-3-11(2)12-4-6-15(22)14(8-12)20-19(26)21-18(23)13-5-7-16-17(9-13)25-10-24-16/h4-9,11,22H,3,10H2,1-2H3,(H2,20,21,23,26)/t11-/m0/s1. The zero-order chi connectivity index (χ0) is 18.7. The van der Waals surface area contributed by atoms with Gasteiger partial charge in [0.05, 0.1) is 5.69 Å². The summed E-state index contributed by atoms with van der Waals surface area (Å²) in [6.45, 7) is 4.35. The molecule has 1 heterocycles. The lowest BCUT2D eigenvalue weighted by atomic mass is 9.98. The van der Waals surface area contributed by atoms with Crippen molar-refractivity contribution in [3.8, 4) is 17.2 Å². The Morgan fingerprint density at radius 3 is 2.77 bits per heavy atom. The smallest absolute Gasteiger partial charge is 0.257 e. The van der Waals surface area contributed by atoms with Crippen molar-refractivity contribution < 1.29 is 19.4 Å². The molecule has 6 nitrogen and oxygen atoms in total. The summed E-state index contributed by atoms with van der Waals surface area (Å²) in [5.41, 5.74) is 1.94. The Kier molecular flexibility index (Phi) is 5.27. The van der Waals surface area contributed by atoms with E-state index < -0.39 is 0 Å². The number of aromatic hydroxyl groups is 1. The highest BCUT2D eigenvalue weighted by Crippen LogP contribution is 2.32. The molecule has 2 aromatic carbocycles. The van der Waals surface area contributed by atoms with E-state index in [1.54, 1.807) is 24.3 Å². The number of thiocarbonyl (C=S) groups is 1. The van der Waals surface area contributed by atoms with E-state index in [9.17, 15) is 9.90 Å².